The van der Waals surface area contributed by atoms with Gasteiger partial charge >= 0.3 is 0 Å². The highest BCUT2D eigenvalue weighted by atomic mass is 15.6. The van der Waals surface area contributed by atoms with Gasteiger partial charge in [0.15, 0.2) is 5.65 Å². The first-order chi connectivity index (χ1) is 7.47. The highest BCUT2D eigenvalue weighted by Crippen LogP contribution is 2.21. The van der Waals surface area contributed by atoms with E-state index in [1.807, 2.05) is 12.1 Å². The third-order valence-electron chi connectivity index (χ3n) is 2.73. The molecule has 0 aromatic carbocycles. The summed E-state index contributed by atoms with van der Waals surface area (Å²) in [6.45, 7) is 8.67. The molecule has 0 saturated carbocycles. The average Bonchev–Trinajstić information content (AvgIpc) is 2.63. The van der Waals surface area contributed by atoms with E-state index in [1.165, 1.54) is 4.63 Å². The van der Waals surface area contributed by atoms with Crippen molar-refractivity contribution in [2.24, 2.45) is 5.41 Å². The molecule has 0 aliphatic carbocycles. The van der Waals surface area contributed by atoms with E-state index in [2.05, 4.69) is 53.6 Å². The van der Waals surface area contributed by atoms with Gasteiger partial charge < -0.3 is 5.32 Å². The summed E-state index contributed by atoms with van der Waals surface area (Å²) in [6, 6.07) is 4.03. The number of hydrogen-bond acceptors (Lipinski definition) is 5. The third kappa shape index (κ3) is 2.10. The molecule has 1 unspecified atom stereocenters. The van der Waals surface area contributed by atoms with Crippen LogP contribution in [-0.2, 0) is 0 Å². The molecule has 2 aromatic rings. The quantitative estimate of drug-likeness (QED) is 0.827. The molecule has 6 nitrogen and oxygen atoms in total. The Morgan fingerprint density at radius 2 is 2.06 bits per heavy atom. The maximum atomic E-state index is 4.26. The minimum Gasteiger partial charge on any atom is -0.366 e. The van der Waals surface area contributed by atoms with Gasteiger partial charge in [0.2, 0.25) is 0 Å². The fourth-order valence-electron chi connectivity index (χ4n) is 1.16. The van der Waals surface area contributed by atoms with Crippen molar-refractivity contribution in [2.45, 2.75) is 33.7 Å². The second-order valence-electron chi connectivity index (χ2n) is 4.98. The molecule has 1 atom stereocenters. The summed E-state index contributed by atoms with van der Waals surface area (Å²) in [5, 5.41) is 18.7. The van der Waals surface area contributed by atoms with Crippen LogP contribution in [0.1, 0.15) is 27.7 Å². The molecular weight excluding hydrogens is 204 g/mol. The second kappa shape index (κ2) is 3.70. The molecule has 0 radical (unpaired) electrons. The molecule has 2 heterocycles. The maximum Gasteiger partial charge on any atom is 0.200 e. The normalized spacial score (nSPS) is 14.0. The van der Waals surface area contributed by atoms with Gasteiger partial charge in [-0.25, -0.2) is 0 Å². The summed E-state index contributed by atoms with van der Waals surface area (Å²) in [7, 11) is 0. The molecule has 0 spiro atoms. The fourth-order valence-corrected chi connectivity index (χ4v) is 1.16. The number of aromatic nitrogens is 5. The van der Waals surface area contributed by atoms with Crippen molar-refractivity contribution < 1.29 is 0 Å². The van der Waals surface area contributed by atoms with Crippen LogP contribution in [0.3, 0.4) is 0 Å². The number of anilines is 1. The van der Waals surface area contributed by atoms with Crippen molar-refractivity contribution in [1.29, 1.82) is 0 Å². The van der Waals surface area contributed by atoms with E-state index in [9.17, 15) is 0 Å². The largest absolute Gasteiger partial charge is 0.366 e. The van der Waals surface area contributed by atoms with Crippen LogP contribution in [0.4, 0.5) is 5.82 Å². The van der Waals surface area contributed by atoms with E-state index in [-0.39, 0.29) is 5.41 Å². The molecule has 86 valence electrons. The van der Waals surface area contributed by atoms with Gasteiger partial charge in [0.25, 0.3) is 0 Å². The van der Waals surface area contributed by atoms with Gasteiger partial charge in [-0.1, -0.05) is 20.8 Å². The second-order valence-corrected chi connectivity index (χ2v) is 4.98. The highest BCUT2D eigenvalue weighted by Gasteiger charge is 2.20. The van der Waals surface area contributed by atoms with E-state index < -0.39 is 0 Å². The summed E-state index contributed by atoms with van der Waals surface area (Å²) < 4.78 is 1.41. The smallest absolute Gasteiger partial charge is 0.200 e. The van der Waals surface area contributed by atoms with Crippen molar-refractivity contribution >= 4 is 11.5 Å². The molecule has 0 saturated heterocycles. The van der Waals surface area contributed by atoms with Crippen LogP contribution >= 0.6 is 0 Å². The van der Waals surface area contributed by atoms with E-state index in [0.29, 0.717) is 11.7 Å². The van der Waals surface area contributed by atoms with Crippen molar-refractivity contribution in [2.75, 3.05) is 5.32 Å². The molecule has 16 heavy (non-hydrogen) atoms. The van der Waals surface area contributed by atoms with Crippen LogP contribution in [0.15, 0.2) is 12.1 Å². The summed E-state index contributed by atoms with van der Waals surface area (Å²) in [6.07, 6.45) is 0. The number of nitrogens with one attached hydrogen (secondary N) is 1. The predicted molar refractivity (Wildman–Crippen MR) is 61.1 cm³/mol. The Kier molecular flexibility index (Phi) is 2.49. The van der Waals surface area contributed by atoms with Crippen LogP contribution in [0, 0.1) is 5.41 Å². The first kappa shape index (κ1) is 10.8. The first-order valence-corrected chi connectivity index (χ1v) is 5.29. The standard InChI is InChI=1S/C10H16N6/c1-7(10(2,3)4)11-8-5-6-9-12-14-15-16(9)13-8/h5-7H,1-4H3,(H,11,13). The molecule has 6 heteroatoms. The summed E-state index contributed by atoms with van der Waals surface area (Å²) in [5.74, 6) is 0.780. The van der Waals surface area contributed by atoms with E-state index in [0.717, 1.165) is 5.82 Å². The Bertz CT molecular complexity index is 483. The molecule has 0 fully saturated rings. The van der Waals surface area contributed by atoms with Crippen molar-refractivity contribution in [3.8, 4) is 0 Å². The minimum atomic E-state index is 0.178. The zero-order valence-corrected chi connectivity index (χ0v) is 9.97. The lowest BCUT2D eigenvalue weighted by Crippen LogP contribution is -2.31. The number of fused-ring (bicyclic) bond motifs is 1. The molecule has 0 aliphatic rings. The Hall–Kier alpha value is -1.72. The molecule has 2 aromatic heterocycles. The Morgan fingerprint density at radius 1 is 1.31 bits per heavy atom. The molecule has 1 N–H and O–H groups in total. The first-order valence-electron chi connectivity index (χ1n) is 5.29. The van der Waals surface area contributed by atoms with Crippen LogP contribution in [0.25, 0.3) is 5.65 Å². The van der Waals surface area contributed by atoms with Crippen LogP contribution in [0.2, 0.25) is 0 Å². The number of nitrogens with zero attached hydrogens (tertiary/aromatic N) is 5. The average molecular weight is 220 g/mol. The Morgan fingerprint density at radius 3 is 2.75 bits per heavy atom. The minimum absolute atomic E-state index is 0.178. The van der Waals surface area contributed by atoms with Crippen molar-refractivity contribution in [3.05, 3.63) is 12.1 Å². The van der Waals surface area contributed by atoms with E-state index in [1.54, 1.807) is 0 Å². The number of tetrazole rings is 1. The lowest BCUT2D eigenvalue weighted by Gasteiger charge is -2.28. The van der Waals surface area contributed by atoms with Gasteiger partial charge in [-0.3, -0.25) is 0 Å². The van der Waals surface area contributed by atoms with Gasteiger partial charge in [-0.15, -0.1) is 14.8 Å². The number of rotatable bonds is 2. The van der Waals surface area contributed by atoms with Crippen molar-refractivity contribution in [3.63, 3.8) is 0 Å². The van der Waals surface area contributed by atoms with Crippen LogP contribution < -0.4 is 5.32 Å². The lowest BCUT2D eigenvalue weighted by atomic mass is 9.88. The van der Waals surface area contributed by atoms with Gasteiger partial charge in [0.1, 0.15) is 5.82 Å². The lowest BCUT2D eigenvalue weighted by molar-refractivity contribution is 0.358. The van der Waals surface area contributed by atoms with E-state index >= 15 is 0 Å². The Balaban J connectivity index is 2.21. The van der Waals surface area contributed by atoms with Crippen molar-refractivity contribution in [1.82, 2.24) is 25.3 Å². The molecule has 0 amide bonds. The van der Waals surface area contributed by atoms with Crippen LogP contribution in [0.5, 0.6) is 0 Å². The third-order valence-corrected chi connectivity index (χ3v) is 2.73. The summed E-state index contributed by atoms with van der Waals surface area (Å²) >= 11 is 0. The maximum absolute atomic E-state index is 4.26. The summed E-state index contributed by atoms with van der Waals surface area (Å²) in [4.78, 5) is 0. The monoisotopic (exact) mass is 220 g/mol. The van der Waals surface area contributed by atoms with Gasteiger partial charge in [-0.2, -0.15) is 0 Å². The zero-order valence-electron chi connectivity index (χ0n) is 9.97. The SMILES string of the molecule is CC(Nc1ccc2nnnn2n1)C(C)(C)C. The molecule has 0 aliphatic heterocycles. The highest BCUT2D eigenvalue weighted by molar-refractivity contribution is 5.42. The Labute approximate surface area is 94.0 Å². The zero-order chi connectivity index (χ0) is 11.8. The fraction of sp³-hybridized carbons (Fsp3) is 0.600. The van der Waals surface area contributed by atoms with E-state index in [4.69, 9.17) is 0 Å². The van der Waals surface area contributed by atoms with Gasteiger partial charge in [0.05, 0.1) is 0 Å². The van der Waals surface area contributed by atoms with Gasteiger partial charge in [-0.05, 0) is 34.9 Å². The number of hydrogen-bond donors (Lipinski definition) is 1. The summed E-state index contributed by atoms with van der Waals surface area (Å²) in [5.41, 5.74) is 0.825. The predicted octanol–water partition coefficient (Wildman–Crippen LogP) is 1.37. The molecule has 2 rings (SSSR count). The molecule has 0 bridgehead atoms. The topological polar surface area (TPSA) is 68.0 Å². The van der Waals surface area contributed by atoms with Crippen LogP contribution in [-0.4, -0.2) is 31.3 Å². The molecular formula is C10H16N6. The van der Waals surface area contributed by atoms with Gasteiger partial charge in [0, 0.05) is 6.04 Å².